The van der Waals surface area contributed by atoms with Crippen molar-refractivity contribution >= 4 is 35.6 Å². The van der Waals surface area contributed by atoms with Gasteiger partial charge in [0.15, 0.2) is 5.96 Å². The predicted molar refractivity (Wildman–Crippen MR) is 119 cm³/mol. The number of aliphatic imine (C=N–C) groups is 1. The van der Waals surface area contributed by atoms with Gasteiger partial charge in [-0.2, -0.15) is 0 Å². The first-order valence-electron chi connectivity index (χ1n) is 10.4. The summed E-state index contributed by atoms with van der Waals surface area (Å²) >= 11 is 0. The molecule has 0 rings (SSSR count). The molecule has 3 amide bonds. The van der Waals surface area contributed by atoms with Gasteiger partial charge in [0.2, 0.25) is 17.7 Å². The van der Waals surface area contributed by atoms with E-state index in [0.717, 1.165) is 0 Å². The van der Waals surface area contributed by atoms with Crippen LogP contribution in [0.25, 0.3) is 0 Å². The summed E-state index contributed by atoms with van der Waals surface area (Å²) in [4.78, 5) is 63.4. The zero-order valence-corrected chi connectivity index (χ0v) is 19.0. The summed E-state index contributed by atoms with van der Waals surface area (Å²) in [5.74, 6) is -5.17. The first-order chi connectivity index (χ1) is 15.3. The fraction of sp³-hybridized carbons (Fsp3) is 0.684. The van der Waals surface area contributed by atoms with Crippen LogP contribution in [0.1, 0.15) is 46.5 Å². The lowest BCUT2D eigenvalue weighted by Gasteiger charge is -2.26. The summed E-state index contributed by atoms with van der Waals surface area (Å²) in [5, 5.41) is 25.1. The fourth-order valence-corrected chi connectivity index (χ4v) is 2.62. The lowest BCUT2D eigenvalue weighted by Crippen LogP contribution is -2.58. The molecule has 33 heavy (non-hydrogen) atoms. The predicted octanol–water partition coefficient (Wildman–Crippen LogP) is -2.55. The first-order valence-corrected chi connectivity index (χ1v) is 10.4. The molecule has 0 aromatic heterocycles. The van der Waals surface area contributed by atoms with Gasteiger partial charge in [-0.05, 0) is 32.1 Å². The van der Waals surface area contributed by atoms with Crippen molar-refractivity contribution in [3.05, 3.63) is 0 Å². The van der Waals surface area contributed by atoms with Crippen LogP contribution in [-0.4, -0.2) is 76.5 Å². The number of hydrogen-bond acceptors (Lipinski definition) is 7. The minimum Gasteiger partial charge on any atom is -0.481 e. The second-order valence-electron chi connectivity index (χ2n) is 7.85. The number of carboxylic acids is 2. The Kier molecular flexibility index (Phi) is 13.1. The van der Waals surface area contributed by atoms with Crippen molar-refractivity contribution in [2.75, 3.05) is 6.54 Å². The van der Waals surface area contributed by atoms with E-state index >= 15 is 0 Å². The van der Waals surface area contributed by atoms with Crippen LogP contribution in [-0.2, 0) is 24.0 Å². The van der Waals surface area contributed by atoms with Crippen molar-refractivity contribution in [1.82, 2.24) is 16.0 Å². The molecule has 11 N–H and O–H groups in total. The van der Waals surface area contributed by atoms with Gasteiger partial charge in [-0.3, -0.25) is 29.0 Å². The maximum Gasteiger partial charge on any atom is 0.325 e. The number of carbonyl (C=O) groups excluding carboxylic acids is 3. The highest BCUT2D eigenvalue weighted by molar-refractivity contribution is 5.94. The largest absolute Gasteiger partial charge is 0.481 e. The molecule has 0 spiro atoms. The average molecular weight is 474 g/mol. The number of carbonyl (C=O) groups is 5. The Labute approximate surface area is 191 Å². The van der Waals surface area contributed by atoms with Gasteiger partial charge in [0.25, 0.3) is 0 Å². The van der Waals surface area contributed by atoms with Crippen LogP contribution in [0.15, 0.2) is 4.99 Å². The van der Waals surface area contributed by atoms with Crippen LogP contribution in [0.5, 0.6) is 0 Å². The molecule has 14 nitrogen and oxygen atoms in total. The molecule has 0 bridgehead atoms. The fourth-order valence-electron chi connectivity index (χ4n) is 2.62. The first kappa shape index (κ1) is 29.6. The number of amides is 3. The normalized spacial score (nSPS) is 14.3. The Morgan fingerprint density at radius 2 is 1.48 bits per heavy atom. The topological polar surface area (TPSA) is 252 Å². The van der Waals surface area contributed by atoms with Crippen LogP contribution in [0.4, 0.5) is 0 Å². The summed E-state index contributed by atoms with van der Waals surface area (Å²) in [7, 11) is 0. The zero-order chi connectivity index (χ0) is 25.7. The van der Waals surface area contributed by atoms with Gasteiger partial charge < -0.3 is 43.4 Å². The zero-order valence-electron chi connectivity index (χ0n) is 19.0. The lowest BCUT2D eigenvalue weighted by molar-refractivity contribution is -0.142. The number of aliphatic carboxylic acids is 2. The van der Waals surface area contributed by atoms with E-state index in [1.807, 2.05) is 0 Å². The van der Waals surface area contributed by atoms with Crippen molar-refractivity contribution in [3.8, 4) is 0 Å². The van der Waals surface area contributed by atoms with Gasteiger partial charge in [-0.1, -0.05) is 13.8 Å². The number of rotatable bonds is 15. The average Bonchev–Trinajstić information content (AvgIpc) is 2.70. The van der Waals surface area contributed by atoms with Crippen LogP contribution in [0.2, 0.25) is 0 Å². The molecule has 0 heterocycles. The van der Waals surface area contributed by atoms with Crippen molar-refractivity contribution in [3.63, 3.8) is 0 Å². The molecule has 4 atom stereocenters. The molecule has 0 saturated carbocycles. The highest BCUT2D eigenvalue weighted by Crippen LogP contribution is 2.06. The molecule has 0 fully saturated rings. The van der Waals surface area contributed by atoms with Gasteiger partial charge in [-0.15, -0.1) is 0 Å². The molecular formula is C19H35N7O7. The maximum absolute atomic E-state index is 12.8. The van der Waals surface area contributed by atoms with Gasteiger partial charge >= 0.3 is 11.9 Å². The standard InChI is InChI=1S/C19H35N7O7/c1-9(2)14(17(31)24-10(3)18(32)33)26-16(30)12(6-7-13(27)28)25-15(29)11(20)5-4-8-23-19(21)22/h9-12,14H,4-8,20H2,1-3H3,(H,24,31)(H,25,29)(H,26,30)(H,27,28)(H,32,33)(H4,21,22,23). The van der Waals surface area contributed by atoms with Gasteiger partial charge in [-0.25, -0.2) is 0 Å². The highest BCUT2D eigenvalue weighted by atomic mass is 16.4. The number of nitrogens with zero attached hydrogens (tertiary/aromatic N) is 1. The minimum atomic E-state index is -1.27. The van der Waals surface area contributed by atoms with Gasteiger partial charge in [0.05, 0.1) is 6.04 Å². The molecule has 0 aliphatic carbocycles. The van der Waals surface area contributed by atoms with E-state index in [1.54, 1.807) is 13.8 Å². The van der Waals surface area contributed by atoms with Crippen LogP contribution >= 0.6 is 0 Å². The summed E-state index contributed by atoms with van der Waals surface area (Å²) in [6.07, 6.45) is -0.0614. The quantitative estimate of drug-likeness (QED) is 0.0701. The molecule has 14 heteroatoms. The van der Waals surface area contributed by atoms with E-state index in [9.17, 15) is 24.0 Å². The maximum atomic E-state index is 12.8. The number of guanidine groups is 1. The van der Waals surface area contributed by atoms with Crippen molar-refractivity contribution < 1.29 is 34.2 Å². The summed E-state index contributed by atoms with van der Waals surface area (Å²) < 4.78 is 0. The molecule has 4 unspecified atom stereocenters. The number of nitrogens with two attached hydrogens (primary N) is 3. The molecular weight excluding hydrogens is 438 g/mol. The molecule has 0 aliphatic heterocycles. The molecule has 188 valence electrons. The second kappa shape index (κ2) is 14.6. The number of carboxylic acid groups (broad SMARTS) is 2. The van der Waals surface area contributed by atoms with Crippen molar-refractivity contribution in [1.29, 1.82) is 0 Å². The third kappa shape index (κ3) is 12.3. The highest BCUT2D eigenvalue weighted by Gasteiger charge is 2.31. The molecule has 0 aromatic rings. The molecule has 0 aliphatic rings. The number of nitrogens with one attached hydrogen (secondary N) is 3. The monoisotopic (exact) mass is 473 g/mol. The second-order valence-corrected chi connectivity index (χ2v) is 7.85. The van der Waals surface area contributed by atoms with Crippen molar-refractivity contribution in [2.24, 2.45) is 28.1 Å². The van der Waals surface area contributed by atoms with Crippen LogP contribution < -0.4 is 33.2 Å². The van der Waals surface area contributed by atoms with Gasteiger partial charge in [0.1, 0.15) is 18.1 Å². The Morgan fingerprint density at radius 1 is 0.879 bits per heavy atom. The Morgan fingerprint density at radius 3 is 1.97 bits per heavy atom. The SMILES string of the molecule is CC(NC(=O)C(NC(=O)C(CCC(=O)O)NC(=O)C(N)CCCN=C(N)N)C(C)C)C(=O)O. The third-order valence-corrected chi connectivity index (χ3v) is 4.56. The van der Waals surface area contributed by atoms with E-state index < -0.39 is 66.2 Å². The summed E-state index contributed by atoms with van der Waals surface area (Å²) in [6.45, 7) is 4.79. The van der Waals surface area contributed by atoms with Crippen molar-refractivity contribution in [2.45, 2.75) is 70.6 Å². The molecule has 0 aromatic carbocycles. The van der Waals surface area contributed by atoms with E-state index in [2.05, 4.69) is 20.9 Å². The number of hydrogen-bond donors (Lipinski definition) is 8. The van der Waals surface area contributed by atoms with E-state index in [1.165, 1.54) is 6.92 Å². The lowest BCUT2D eigenvalue weighted by atomic mass is 10.0. The van der Waals surface area contributed by atoms with Gasteiger partial charge in [0, 0.05) is 13.0 Å². The van der Waals surface area contributed by atoms with Crippen LogP contribution in [0.3, 0.4) is 0 Å². The molecule has 0 radical (unpaired) electrons. The minimum absolute atomic E-state index is 0.0973. The Bertz CT molecular complexity index is 738. The Hall–Kier alpha value is -3.42. The summed E-state index contributed by atoms with van der Waals surface area (Å²) in [6, 6.07) is -4.57. The summed E-state index contributed by atoms with van der Waals surface area (Å²) in [5.41, 5.74) is 16.3. The third-order valence-electron chi connectivity index (χ3n) is 4.56. The Balaban J connectivity index is 5.25. The van der Waals surface area contributed by atoms with E-state index in [4.69, 9.17) is 27.4 Å². The van der Waals surface area contributed by atoms with Crippen LogP contribution in [0, 0.1) is 5.92 Å². The van der Waals surface area contributed by atoms with E-state index in [0.29, 0.717) is 6.42 Å². The van der Waals surface area contributed by atoms with E-state index in [-0.39, 0.29) is 25.3 Å². The smallest absolute Gasteiger partial charge is 0.325 e. The molecule has 0 saturated heterocycles.